The largest absolute Gasteiger partial charge is 0.491 e. The van der Waals surface area contributed by atoms with Gasteiger partial charge in [-0.05, 0) is 54.8 Å². The molecule has 162 valence electrons. The zero-order valence-electron chi connectivity index (χ0n) is 18.2. The molecular weight excluding hydrogens is 376 g/mol. The number of benzene rings is 2. The predicted molar refractivity (Wildman–Crippen MR) is 122 cm³/mol. The minimum Gasteiger partial charge on any atom is -0.491 e. The first kappa shape index (κ1) is 22.1. The first-order chi connectivity index (χ1) is 14.8. The second-order valence-corrected chi connectivity index (χ2v) is 7.56. The molecule has 0 saturated carbocycles. The van der Waals surface area contributed by atoms with Gasteiger partial charge in [0.2, 0.25) is 0 Å². The molecule has 2 N–H and O–H groups in total. The van der Waals surface area contributed by atoms with E-state index in [0.717, 1.165) is 24.8 Å². The van der Waals surface area contributed by atoms with Gasteiger partial charge in [-0.2, -0.15) is 0 Å². The molecule has 6 nitrogen and oxygen atoms in total. The molecule has 0 bridgehead atoms. The van der Waals surface area contributed by atoms with Crippen molar-refractivity contribution in [3.8, 4) is 5.75 Å². The van der Waals surface area contributed by atoms with Gasteiger partial charge in [-0.15, -0.1) is 0 Å². The van der Waals surface area contributed by atoms with Crippen LogP contribution in [-0.2, 0) is 24.4 Å². The van der Waals surface area contributed by atoms with E-state index >= 15 is 0 Å². The molecule has 30 heavy (non-hydrogen) atoms. The van der Waals surface area contributed by atoms with Gasteiger partial charge in [-0.25, -0.2) is 0 Å². The fourth-order valence-corrected chi connectivity index (χ4v) is 3.50. The number of aliphatic imine (C=N–C) groups is 1. The first-order valence-electron chi connectivity index (χ1n) is 10.7. The molecule has 0 aromatic heterocycles. The van der Waals surface area contributed by atoms with Crippen molar-refractivity contribution in [2.45, 2.75) is 32.5 Å². The van der Waals surface area contributed by atoms with Crippen molar-refractivity contribution in [3.05, 3.63) is 65.2 Å². The lowest BCUT2D eigenvalue weighted by atomic mass is 10.1. The minimum absolute atomic E-state index is 0.559. The summed E-state index contributed by atoms with van der Waals surface area (Å²) in [6.07, 6.45) is 2.67. The fourth-order valence-electron chi connectivity index (χ4n) is 3.50. The number of ether oxygens (including phenoxy) is 2. The van der Waals surface area contributed by atoms with E-state index < -0.39 is 0 Å². The van der Waals surface area contributed by atoms with Gasteiger partial charge in [0.05, 0.1) is 6.61 Å². The maximum atomic E-state index is 5.60. The third-order valence-electron chi connectivity index (χ3n) is 5.25. The van der Waals surface area contributed by atoms with Crippen LogP contribution in [0.25, 0.3) is 0 Å². The van der Waals surface area contributed by atoms with Crippen LogP contribution in [0, 0.1) is 0 Å². The summed E-state index contributed by atoms with van der Waals surface area (Å²) in [6, 6.07) is 17.0. The highest BCUT2D eigenvalue weighted by Gasteiger charge is 2.11. The number of likely N-dealkylation sites (tertiary alicyclic amines) is 1. The minimum atomic E-state index is 0.559. The Morgan fingerprint density at radius 1 is 0.867 bits per heavy atom. The number of nitrogens with zero attached hydrogens (tertiary/aromatic N) is 2. The van der Waals surface area contributed by atoms with E-state index in [1.54, 1.807) is 14.2 Å². The lowest BCUT2D eigenvalue weighted by molar-refractivity contribution is 0.146. The average Bonchev–Trinajstić information content (AvgIpc) is 3.29. The monoisotopic (exact) mass is 410 g/mol. The molecule has 1 aliphatic heterocycles. The highest BCUT2D eigenvalue weighted by molar-refractivity contribution is 5.79. The number of methoxy groups -OCH3 is 1. The van der Waals surface area contributed by atoms with E-state index in [4.69, 9.17) is 9.47 Å². The van der Waals surface area contributed by atoms with E-state index in [1.807, 2.05) is 12.1 Å². The maximum Gasteiger partial charge on any atom is 0.191 e. The summed E-state index contributed by atoms with van der Waals surface area (Å²) >= 11 is 0. The van der Waals surface area contributed by atoms with Gasteiger partial charge in [0.15, 0.2) is 5.96 Å². The smallest absolute Gasteiger partial charge is 0.191 e. The molecule has 1 fully saturated rings. The Labute approximate surface area is 180 Å². The topological polar surface area (TPSA) is 58.1 Å². The van der Waals surface area contributed by atoms with Crippen LogP contribution in [0.3, 0.4) is 0 Å². The van der Waals surface area contributed by atoms with Crippen molar-refractivity contribution in [2.24, 2.45) is 4.99 Å². The highest BCUT2D eigenvalue weighted by atomic mass is 16.5. The Balaban J connectivity index is 1.40. The average molecular weight is 411 g/mol. The van der Waals surface area contributed by atoms with Gasteiger partial charge in [0.1, 0.15) is 12.4 Å². The zero-order chi connectivity index (χ0) is 21.0. The van der Waals surface area contributed by atoms with E-state index in [-0.39, 0.29) is 0 Å². The van der Waals surface area contributed by atoms with E-state index in [0.29, 0.717) is 19.8 Å². The zero-order valence-corrected chi connectivity index (χ0v) is 18.2. The van der Waals surface area contributed by atoms with Crippen LogP contribution in [0.2, 0.25) is 0 Å². The summed E-state index contributed by atoms with van der Waals surface area (Å²) in [4.78, 5) is 6.85. The SMILES string of the molecule is CN=C(NCc1ccc(CN2CCCC2)cc1)NCc1ccc(OCCOC)cc1. The molecule has 0 unspecified atom stereocenters. The second-order valence-electron chi connectivity index (χ2n) is 7.56. The molecule has 0 spiro atoms. The summed E-state index contributed by atoms with van der Waals surface area (Å²) in [5.41, 5.74) is 3.81. The van der Waals surface area contributed by atoms with Crippen molar-refractivity contribution < 1.29 is 9.47 Å². The van der Waals surface area contributed by atoms with Crippen molar-refractivity contribution >= 4 is 5.96 Å². The summed E-state index contributed by atoms with van der Waals surface area (Å²) in [5.74, 6) is 1.64. The summed E-state index contributed by atoms with van der Waals surface area (Å²) in [7, 11) is 3.46. The molecule has 1 aliphatic rings. The molecule has 0 aliphatic carbocycles. The fraction of sp³-hybridized carbons (Fsp3) is 0.458. The summed E-state index contributed by atoms with van der Waals surface area (Å²) < 4.78 is 10.6. The molecule has 0 amide bonds. The van der Waals surface area contributed by atoms with Crippen LogP contribution < -0.4 is 15.4 Å². The van der Waals surface area contributed by atoms with Crippen LogP contribution in [0.1, 0.15) is 29.5 Å². The van der Waals surface area contributed by atoms with Gasteiger partial charge in [0, 0.05) is 33.8 Å². The van der Waals surface area contributed by atoms with E-state index in [1.165, 1.54) is 42.6 Å². The molecular formula is C24H34N4O2. The van der Waals surface area contributed by atoms with E-state index in [2.05, 4.69) is 56.9 Å². The summed E-state index contributed by atoms with van der Waals surface area (Å²) in [5, 5.41) is 6.74. The first-order valence-corrected chi connectivity index (χ1v) is 10.7. The number of hydrogen-bond donors (Lipinski definition) is 2. The lowest BCUT2D eigenvalue weighted by Crippen LogP contribution is -2.36. The molecule has 3 rings (SSSR count). The van der Waals surface area contributed by atoms with Crippen molar-refractivity contribution in [1.29, 1.82) is 0 Å². The third kappa shape index (κ3) is 7.35. The Morgan fingerprint density at radius 3 is 2.00 bits per heavy atom. The molecule has 2 aromatic rings. The Hall–Kier alpha value is -2.57. The number of nitrogens with one attached hydrogen (secondary N) is 2. The van der Waals surface area contributed by atoms with E-state index in [9.17, 15) is 0 Å². The molecule has 2 aromatic carbocycles. The summed E-state index contributed by atoms with van der Waals surface area (Å²) in [6.45, 7) is 6.12. The van der Waals surface area contributed by atoms with Crippen LogP contribution in [0.4, 0.5) is 0 Å². The quantitative estimate of drug-likeness (QED) is 0.358. The molecule has 1 saturated heterocycles. The van der Waals surface area contributed by atoms with Crippen LogP contribution >= 0.6 is 0 Å². The van der Waals surface area contributed by atoms with Crippen molar-refractivity contribution in [2.75, 3.05) is 40.5 Å². The highest BCUT2D eigenvalue weighted by Crippen LogP contribution is 2.14. The third-order valence-corrected chi connectivity index (χ3v) is 5.25. The molecule has 1 heterocycles. The van der Waals surface area contributed by atoms with Gasteiger partial charge in [-0.1, -0.05) is 36.4 Å². The standard InChI is InChI=1S/C24H34N4O2/c1-25-24(27-18-21-9-11-23(12-10-21)30-16-15-29-2)26-17-20-5-7-22(8-6-20)19-28-13-3-4-14-28/h5-12H,3-4,13-19H2,1-2H3,(H2,25,26,27). The molecule has 0 atom stereocenters. The van der Waals surface area contributed by atoms with Gasteiger partial charge < -0.3 is 20.1 Å². The number of guanidine groups is 1. The lowest BCUT2D eigenvalue weighted by Gasteiger charge is -2.15. The van der Waals surface area contributed by atoms with Crippen molar-refractivity contribution in [3.63, 3.8) is 0 Å². The number of rotatable bonds is 10. The second kappa shape index (κ2) is 12.2. The van der Waals surface area contributed by atoms with Crippen molar-refractivity contribution in [1.82, 2.24) is 15.5 Å². The van der Waals surface area contributed by atoms with Crippen LogP contribution in [0.15, 0.2) is 53.5 Å². The maximum absolute atomic E-state index is 5.60. The molecule has 6 heteroatoms. The normalized spacial score (nSPS) is 14.7. The van der Waals surface area contributed by atoms with Gasteiger partial charge in [-0.3, -0.25) is 9.89 Å². The predicted octanol–water partition coefficient (Wildman–Crippen LogP) is 3.17. The Bertz CT molecular complexity index is 769. The molecule has 0 radical (unpaired) electrons. The Morgan fingerprint density at radius 2 is 1.43 bits per heavy atom. The van der Waals surface area contributed by atoms with Crippen LogP contribution in [-0.4, -0.2) is 51.3 Å². The van der Waals surface area contributed by atoms with Gasteiger partial charge in [0.25, 0.3) is 0 Å². The Kier molecular flexibility index (Phi) is 9.00. The van der Waals surface area contributed by atoms with Crippen LogP contribution in [0.5, 0.6) is 5.75 Å². The number of hydrogen-bond acceptors (Lipinski definition) is 4. The van der Waals surface area contributed by atoms with Gasteiger partial charge >= 0.3 is 0 Å².